The first-order chi connectivity index (χ1) is 12.9. The molecule has 2 aliphatic rings. The second-order valence-electron chi connectivity index (χ2n) is 6.53. The van der Waals surface area contributed by atoms with Crippen LogP contribution in [0.5, 0.6) is 0 Å². The lowest BCUT2D eigenvalue weighted by Crippen LogP contribution is -2.33. The van der Waals surface area contributed by atoms with Gasteiger partial charge < -0.3 is 0 Å². The van der Waals surface area contributed by atoms with Gasteiger partial charge in [0.05, 0.1) is 24.7 Å². The summed E-state index contributed by atoms with van der Waals surface area (Å²) in [6.07, 6.45) is 2.00. The van der Waals surface area contributed by atoms with E-state index in [0.29, 0.717) is 24.1 Å². The standard InChI is InChI=1S/C17H17F2N3O4S/c18-11-4-5-15(13(19)10-11)22-14-3-1-2-12(14)16(20-22)17(23)21-6-8-27(24,25)9-7-26-21/h4-5,10H,1-3,6-9H2. The second kappa shape index (κ2) is 6.68. The zero-order valence-corrected chi connectivity index (χ0v) is 15.1. The molecule has 1 aromatic heterocycles. The molecule has 2 aromatic rings. The van der Waals surface area contributed by atoms with Crippen LogP contribution in [-0.2, 0) is 27.5 Å². The molecule has 1 fully saturated rings. The monoisotopic (exact) mass is 397 g/mol. The number of nitrogens with zero attached hydrogens (tertiary/aromatic N) is 3. The first kappa shape index (κ1) is 18.1. The number of carbonyl (C=O) groups excluding carboxylic acids is 1. The van der Waals surface area contributed by atoms with Crippen LogP contribution in [0.1, 0.15) is 28.2 Å². The lowest BCUT2D eigenvalue weighted by molar-refractivity contribution is -0.112. The van der Waals surface area contributed by atoms with Crippen LogP contribution in [-0.4, -0.2) is 53.8 Å². The van der Waals surface area contributed by atoms with Gasteiger partial charge in [-0.3, -0.25) is 9.63 Å². The first-order valence-corrected chi connectivity index (χ1v) is 10.4. The van der Waals surface area contributed by atoms with E-state index in [1.54, 1.807) is 0 Å². The average Bonchev–Trinajstić information content (AvgIpc) is 3.15. The van der Waals surface area contributed by atoms with Crippen molar-refractivity contribution in [3.05, 3.63) is 46.8 Å². The van der Waals surface area contributed by atoms with E-state index >= 15 is 0 Å². The molecule has 0 N–H and O–H groups in total. The smallest absolute Gasteiger partial charge is 0.270 e. The van der Waals surface area contributed by atoms with Crippen molar-refractivity contribution in [1.29, 1.82) is 0 Å². The van der Waals surface area contributed by atoms with E-state index in [4.69, 9.17) is 4.84 Å². The Bertz CT molecular complexity index is 1020. The molecule has 1 saturated heterocycles. The van der Waals surface area contributed by atoms with Gasteiger partial charge in [-0.25, -0.2) is 26.9 Å². The highest BCUT2D eigenvalue weighted by molar-refractivity contribution is 7.91. The van der Waals surface area contributed by atoms with Gasteiger partial charge in [0.1, 0.15) is 11.5 Å². The highest BCUT2D eigenvalue weighted by atomic mass is 32.2. The number of sulfone groups is 1. The van der Waals surface area contributed by atoms with Gasteiger partial charge in [-0.05, 0) is 31.4 Å². The molecule has 0 spiro atoms. The number of hydrogen-bond acceptors (Lipinski definition) is 5. The molecule has 0 atom stereocenters. The molecule has 27 heavy (non-hydrogen) atoms. The lowest BCUT2D eigenvalue weighted by atomic mass is 10.2. The molecule has 7 nitrogen and oxygen atoms in total. The van der Waals surface area contributed by atoms with Crippen molar-refractivity contribution in [3.8, 4) is 5.69 Å². The average molecular weight is 397 g/mol. The topological polar surface area (TPSA) is 81.5 Å². The Morgan fingerprint density at radius 1 is 1.19 bits per heavy atom. The summed E-state index contributed by atoms with van der Waals surface area (Å²) < 4.78 is 52.2. The normalized spacial score (nSPS) is 19.0. The number of carbonyl (C=O) groups is 1. The van der Waals surface area contributed by atoms with Crippen molar-refractivity contribution in [3.63, 3.8) is 0 Å². The van der Waals surface area contributed by atoms with Gasteiger partial charge in [-0.15, -0.1) is 0 Å². The van der Waals surface area contributed by atoms with Crippen LogP contribution >= 0.6 is 0 Å². The Morgan fingerprint density at radius 3 is 2.78 bits per heavy atom. The zero-order chi connectivity index (χ0) is 19.2. The number of rotatable bonds is 2. The summed E-state index contributed by atoms with van der Waals surface area (Å²) in [5.74, 6) is -2.36. The third kappa shape index (κ3) is 3.34. The Hall–Kier alpha value is -2.33. The van der Waals surface area contributed by atoms with E-state index < -0.39 is 27.4 Å². The predicted molar refractivity (Wildman–Crippen MR) is 91.1 cm³/mol. The van der Waals surface area contributed by atoms with Gasteiger partial charge in [0.2, 0.25) is 0 Å². The maximum atomic E-state index is 14.2. The van der Waals surface area contributed by atoms with Gasteiger partial charge in [0.25, 0.3) is 5.91 Å². The molecular weight excluding hydrogens is 380 g/mol. The molecular formula is C17H17F2N3O4S. The summed E-state index contributed by atoms with van der Waals surface area (Å²) in [6, 6.07) is 3.17. The van der Waals surface area contributed by atoms with Crippen molar-refractivity contribution in [2.75, 3.05) is 24.7 Å². The molecule has 0 radical (unpaired) electrons. The summed E-state index contributed by atoms with van der Waals surface area (Å²) >= 11 is 0. The van der Waals surface area contributed by atoms with Crippen LogP contribution in [0.3, 0.4) is 0 Å². The second-order valence-corrected chi connectivity index (χ2v) is 8.83. The lowest BCUT2D eigenvalue weighted by Gasteiger charge is -2.17. The molecule has 144 valence electrons. The first-order valence-electron chi connectivity index (χ1n) is 8.57. The molecule has 1 aromatic carbocycles. The van der Waals surface area contributed by atoms with E-state index in [0.717, 1.165) is 23.6 Å². The third-order valence-corrected chi connectivity index (χ3v) is 6.34. The van der Waals surface area contributed by atoms with Crippen molar-refractivity contribution in [2.24, 2.45) is 0 Å². The van der Waals surface area contributed by atoms with E-state index in [2.05, 4.69) is 5.10 Å². The summed E-state index contributed by atoms with van der Waals surface area (Å²) in [5, 5.41) is 5.28. The minimum atomic E-state index is -3.26. The summed E-state index contributed by atoms with van der Waals surface area (Å²) in [6.45, 7) is -0.197. The molecule has 2 heterocycles. The van der Waals surface area contributed by atoms with Crippen LogP contribution in [0.25, 0.3) is 5.69 Å². The SMILES string of the molecule is O=C(c1nn(-c2ccc(F)cc2F)c2c1CCC2)N1CCS(=O)(=O)CCO1. The van der Waals surface area contributed by atoms with E-state index in [1.807, 2.05) is 0 Å². The van der Waals surface area contributed by atoms with Gasteiger partial charge in [0.15, 0.2) is 21.3 Å². The molecule has 1 aliphatic carbocycles. The molecule has 4 rings (SSSR count). The number of hydrogen-bond donors (Lipinski definition) is 0. The summed E-state index contributed by atoms with van der Waals surface area (Å²) in [7, 11) is -3.26. The van der Waals surface area contributed by atoms with Crippen LogP contribution in [0.2, 0.25) is 0 Å². The Kier molecular flexibility index (Phi) is 4.47. The Balaban J connectivity index is 1.71. The highest BCUT2D eigenvalue weighted by Crippen LogP contribution is 2.29. The van der Waals surface area contributed by atoms with Crippen molar-refractivity contribution in [1.82, 2.24) is 14.8 Å². The molecule has 1 aliphatic heterocycles. The summed E-state index contributed by atoms with van der Waals surface area (Å²) in [4.78, 5) is 18.2. The maximum Gasteiger partial charge on any atom is 0.298 e. The number of hydroxylamine groups is 2. The Labute approximate surface area is 154 Å². The van der Waals surface area contributed by atoms with E-state index in [-0.39, 0.29) is 36.0 Å². The van der Waals surface area contributed by atoms with E-state index in [9.17, 15) is 22.0 Å². The van der Waals surface area contributed by atoms with Crippen LogP contribution in [0, 0.1) is 11.6 Å². The quantitative estimate of drug-likeness (QED) is 0.766. The fourth-order valence-electron chi connectivity index (χ4n) is 3.40. The zero-order valence-electron chi connectivity index (χ0n) is 14.3. The fourth-order valence-corrected chi connectivity index (χ4v) is 4.38. The molecule has 0 bridgehead atoms. The van der Waals surface area contributed by atoms with Gasteiger partial charge >= 0.3 is 0 Å². The van der Waals surface area contributed by atoms with Crippen LogP contribution in [0.15, 0.2) is 18.2 Å². The highest BCUT2D eigenvalue weighted by Gasteiger charge is 2.32. The van der Waals surface area contributed by atoms with Gasteiger partial charge in [-0.2, -0.15) is 5.10 Å². The number of fused-ring (bicyclic) bond motifs is 1. The van der Waals surface area contributed by atoms with Crippen molar-refractivity contribution >= 4 is 15.7 Å². The number of aromatic nitrogens is 2. The number of amides is 1. The minimum absolute atomic E-state index is 0.0629. The van der Waals surface area contributed by atoms with Gasteiger partial charge in [0, 0.05) is 17.3 Å². The molecule has 10 heteroatoms. The molecule has 1 amide bonds. The largest absolute Gasteiger partial charge is 0.298 e. The Morgan fingerprint density at radius 2 is 2.00 bits per heavy atom. The maximum absolute atomic E-state index is 14.2. The van der Waals surface area contributed by atoms with E-state index in [1.165, 1.54) is 10.7 Å². The third-order valence-electron chi connectivity index (χ3n) is 4.74. The molecule has 0 unspecified atom stereocenters. The predicted octanol–water partition coefficient (Wildman–Crippen LogP) is 1.44. The summed E-state index contributed by atoms with van der Waals surface area (Å²) in [5.41, 5.74) is 1.57. The van der Waals surface area contributed by atoms with Crippen molar-refractivity contribution < 1.29 is 26.8 Å². The van der Waals surface area contributed by atoms with Crippen LogP contribution in [0.4, 0.5) is 8.78 Å². The molecule has 0 saturated carbocycles. The minimum Gasteiger partial charge on any atom is -0.270 e. The number of benzene rings is 1. The fraction of sp³-hybridized carbons (Fsp3) is 0.412. The van der Waals surface area contributed by atoms with Crippen LogP contribution < -0.4 is 0 Å². The number of halogens is 2. The van der Waals surface area contributed by atoms with Gasteiger partial charge in [-0.1, -0.05) is 0 Å². The van der Waals surface area contributed by atoms with Crippen molar-refractivity contribution in [2.45, 2.75) is 19.3 Å².